The maximum absolute atomic E-state index is 3.78. The van der Waals surface area contributed by atoms with Gasteiger partial charge in [-0.2, -0.15) is 0 Å². The fourth-order valence-electron chi connectivity index (χ4n) is 2.95. The lowest BCUT2D eigenvalue weighted by atomic mass is 9.81. The highest BCUT2D eigenvalue weighted by Gasteiger charge is 2.21. The molecule has 1 rings (SSSR count). The largest absolute Gasteiger partial charge is 0.310 e. The normalized spacial score (nSPS) is 13.4. The second kappa shape index (κ2) is 9.25. The van der Waals surface area contributed by atoms with E-state index in [9.17, 15) is 0 Å². The van der Waals surface area contributed by atoms with Crippen LogP contribution in [0.3, 0.4) is 0 Å². The highest BCUT2D eigenvalue weighted by Crippen LogP contribution is 2.31. The molecule has 1 N–H and O–H groups in total. The van der Waals surface area contributed by atoms with Crippen LogP contribution >= 0.6 is 0 Å². The monoisotopic (exact) mass is 289 g/mol. The highest BCUT2D eigenvalue weighted by molar-refractivity contribution is 5.35. The van der Waals surface area contributed by atoms with E-state index < -0.39 is 0 Å². The van der Waals surface area contributed by atoms with E-state index in [2.05, 4.69) is 64.2 Å². The molecule has 0 heterocycles. The molecule has 0 radical (unpaired) electrons. The molecule has 0 saturated carbocycles. The van der Waals surface area contributed by atoms with Gasteiger partial charge < -0.3 is 5.32 Å². The predicted octanol–water partition coefficient (Wildman–Crippen LogP) is 6.00. The molecule has 0 bridgehead atoms. The first-order valence-electron chi connectivity index (χ1n) is 8.83. The summed E-state index contributed by atoms with van der Waals surface area (Å²) in [5.41, 5.74) is 3.22. The van der Waals surface area contributed by atoms with E-state index in [1.165, 1.54) is 49.7 Å². The number of hydrogen-bond donors (Lipinski definition) is 1. The fourth-order valence-corrected chi connectivity index (χ4v) is 2.95. The Morgan fingerprint density at radius 1 is 0.952 bits per heavy atom. The molecule has 1 atom stereocenters. The third-order valence-corrected chi connectivity index (χ3v) is 4.13. The lowest BCUT2D eigenvalue weighted by Crippen LogP contribution is -2.26. The van der Waals surface area contributed by atoms with Crippen LogP contribution in [0.1, 0.15) is 90.3 Å². The summed E-state index contributed by atoms with van der Waals surface area (Å²) < 4.78 is 0. The van der Waals surface area contributed by atoms with Crippen molar-refractivity contribution < 1.29 is 0 Å². The second-order valence-corrected chi connectivity index (χ2v) is 7.19. The van der Waals surface area contributed by atoms with Gasteiger partial charge in [0.05, 0.1) is 0 Å². The van der Waals surface area contributed by atoms with Crippen LogP contribution in [0, 0.1) is 0 Å². The smallest absolute Gasteiger partial charge is 0.0323 e. The van der Waals surface area contributed by atoms with E-state index in [0.29, 0.717) is 6.04 Å². The van der Waals surface area contributed by atoms with E-state index in [0.717, 1.165) is 6.54 Å². The average molecular weight is 290 g/mol. The maximum Gasteiger partial charge on any atom is 0.0323 e. The van der Waals surface area contributed by atoms with Gasteiger partial charge in [-0.25, -0.2) is 0 Å². The van der Waals surface area contributed by atoms with Gasteiger partial charge in [0.2, 0.25) is 0 Å². The van der Waals surface area contributed by atoms with Crippen molar-refractivity contribution >= 4 is 0 Å². The Morgan fingerprint density at radius 2 is 1.67 bits per heavy atom. The molecule has 0 aliphatic heterocycles. The molecular weight excluding hydrogens is 254 g/mol. The average Bonchev–Trinajstić information content (AvgIpc) is 2.46. The summed E-state index contributed by atoms with van der Waals surface area (Å²) in [6.45, 7) is 12.6. The van der Waals surface area contributed by atoms with E-state index >= 15 is 0 Å². The Kier molecular flexibility index (Phi) is 8.03. The first-order valence-corrected chi connectivity index (χ1v) is 8.83. The Hall–Kier alpha value is -0.820. The summed E-state index contributed by atoms with van der Waals surface area (Å²) in [6, 6.07) is 9.52. The van der Waals surface area contributed by atoms with Crippen LogP contribution < -0.4 is 5.32 Å². The summed E-state index contributed by atoms with van der Waals surface area (Å²) in [6.07, 6.45) is 7.81. The molecule has 0 fully saturated rings. The van der Waals surface area contributed by atoms with Crippen LogP contribution in [0.2, 0.25) is 0 Å². The molecule has 1 unspecified atom stereocenters. The Labute approximate surface area is 132 Å². The Balaban J connectivity index is 2.86. The molecule has 1 nitrogen and oxygen atoms in total. The summed E-state index contributed by atoms with van der Waals surface area (Å²) in [7, 11) is 0. The lowest BCUT2D eigenvalue weighted by Gasteiger charge is -2.28. The van der Waals surface area contributed by atoms with Crippen LogP contribution in [0.15, 0.2) is 24.3 Å². The third-order valence-electron chi connectivity index (χ3n) is 4.13. The molecule has 0 aliphatic rings. The summed E-state index contributed by atoms with van der Waals surface area (Å²) in [4.78, 5) is 0. The van der Waals surface area contributed by atoms with Gasteiger partial charge in [-0.15, -0.1) is 0 Å². The van der Waals surface area contributed by atoms with E-state index in [4.69, 9.17) is 0 Å². The Bertz CT molecular complexity index is 389. The van der Waals surface area contributed by atoms with Crippen molar-refractivity contribution in [3.8, 4) is 0 Å². The minimum absolute atomic E-state index is 0.214. The first kappa shape index (κ1) is 18.2. The minimum atomic E-state index is 0.214. The molecule has 1 heteroatoms. The molecule has 0 saturated heterocycles. The summed E-state index contributed by atoms with van der Waals surface area (Å²) in [5.74, 6) is 0. The SMILES string of the molecule is CCCCCCC(NCCC)c1ccccc1C(C)(C)C. The van der Waals surface area contributed by atoms with E-state index in [1.807, 2.05) is 0 Å². The standard InChI is InChI=1S/C20H35N/c1-6-8-9-10-15-19(21-16-7-2)17-13-11-12-14-18(17)20(3,4)5/h11-14,19,21H,6-10,15-16H2,1-5H3. The van der Waals surface area contributed by atoms with E-state index in [-0.39, 0.29) is 5.41 Å². The van der Waals surface area contributed by atoms with Gasteiger partial charge in [0, 0.05) is 6.04 Å². The molecule has 120 valence electrons. The van der Waals surface area contributed by atoms with Crippen molar-refractivity contribution in [1.82, 2.24) is 5.32 Å². The fraction of sp³-hybridized carbons (Fsp3) is 0.700. The van der Waals surface area contributed by atoms with Crippen molar-refractivity contribution in [1.29, 1.82) is 0 Å². The van der Waals surface area contributed by atoms with Crippen LogP contribution in [0.4, 0.5) is 0 Å². The number of rotatable bonds is 9. The molecule has 0 amide bonds. The number of unbranched alkanes of at least 4 members (excludes halogenated alkanes) is 3. The molecule has 1 aromatic rings. The van der Waals surface area contributed by atoms with Crippen molar-refractivity contribution in [2.24, 2.45) is 0 Å². The van der Waals surface area contributed by atoms with Crippen LogP contribution in [0.25, 0.3) is 0 Å². The zero-order valence-electron chi connectivity index (χ0n) is 14.8. The van der Waals surface area contributed by atoms with Crippen molar-refractivity contribution in [3.05, 3.63) is 35.4 Å². The molecule has 0 aromatic heterocycles. The van der Waals surface area contributed by atoms with E-state index in [1.54, 1.807) is 0 Å². The number of benzene rings is 1. The van der Waals surface area contributed by atoms with Crippen molar-refractivity contribution in [3.63, 3.8) is 0 Å². The topological polar surface area (TPSA) is 12.0 Å². The molecule has 0 spiro atoms. The van der Waals surface area contributed by atoms with Crippen LogP contribution in [-0.4, -0.2) is 6.54 Å². The number of nitrogens with one attached hydrogen (secondary N) is 1. The summed E-state index contributed by atoms with van der Waals surface area (Å²) >= 11 is 0. The maximum atomic E-state index is 3.78. The zero-order chi connectivity index (χ0) is 15.7. The van der Waals surface area contributed by atoms with Crippen LogP contribution in [-0.2, 0) is 5.41 Å². The van der Waals surface area contributed by atoms with Gasteiger partial charge in [0.1, 0.15) is 0 Å². The first-order chi connectivity index (χ1) is 10.0. The predicted molar refractivity (Wildman–Crippen MR) is 94.9 cm³/mol. The molecular formula is C20H35N. The third kappa shape index (κ3) is 6.22. The van der Waals surface area contributed by atoms with Crippen LogP contribution in [0.5, 0.6) is 0 Å². The molecule has 21 heavy (non-hydrogen) atoms. The Morgan fingerprint density at radius 3 is 2.29 bits per heavy atom. The van der Waals surface area contributed by atoms with Gasteiger partial charge in [-0.05, 0) is 35.9 Å². The van der Waals surface area contributed by atoms with Gasteiger partial charge in [-0.3, -0.25) is 0 Å². The van der Waals surface area contributed by atoms with Gasteiger partial charge in [0.15, 0.2) is 0 Å². The minimum Gasteiger partial charge on any atom is -0.310 e. The number of hydrogen-bond acceptors (Lipinski definition) is 1. The lowest BCUT2D eigenvalue weighted by molar-refractivity contribution is 0.458. The zero-order valence-corrected chi connectivity index (χ0v) is 14.8. The van der Waals surface area contributed by atoms with Gasteiger partial charge in [-0.1, -0.05) is 84.6 Å². The molecule has 0 aliphatic carbocycles. The van der Waals surface area contributed by atoms with Crippen molar-refractivity contribution in [2.45, 2.75) is 84.6 Å². The van der Waals surface area contributed by atoms with Gasteiger partial charge >= 0.3 is 0 Å². The summed E-state index contributed by atoms with van der Waals surface area (Å²) in [5, 5.41) is 3.78. The van der Waals surface area contributed by atoms with Gasteiger partial charge in [0.25, 0.3) is 0 Å². The quantitative estimate of drug-likeness (QED) is 0.550. The second-order valence-electron chi connectivity index (χ2n) is 7.19. The molecule has 1 aromatic carbocycles. The van der Waals surface area contributed by atoms with Crippen molar-refractivity contribution in [2.75, 3.05) is 6.54 Å². The highest BCUT2D eigenvalue weighted by atomic mass is 14.9.